The van der Waals surface area contributed by atoms with E-state index in [0.29, 0.717) is 5.92 Å². The highest BCUT2D eigenvalue weighted by atomic mass is 16.2. The van der Waals surface area contributed by atoms with Gasteiger partial charge in [0, 0.05) is 13.1 Å². The van der Waals surface area contributed by atoms with Crippen LogP contribution in [-0.4, -0.2) is 36.5 Å². The highest BCUT2D eigenvalue weighted by molar-refractivity contribution is 5.81. The second-order valence-electron chi connectivity index (χ2n) is 6.86. The molecule has 1 aromatic carbocycles. The van der Waals surface area contributed by atoms with Gasteiger partial charge in [-0.3, -0.25) is 9.69 Å². The Balaban J connectivity index is 1.68. The van der Waals surface area contributed by atoms with Crippen molar-refractivity contribution >= 4 is 5.91 Å². The molecular weight excluding hydrogens is 286 g/mol. The van der Waals surface area contributed by atoms with Crippen molar-refractivity contribution in [2.45, 2.75) is 45.7 Å². The average Bonchev–Trinajstić information content (AvgIpc) is 2.60. The molecule has 0 spiro atoms. The second-order valence-corrected chi connectivity index (χ2v) is 6.86. The van der Waals surface area contributed by atoms with Crippen LogP contribution < -0.4 is 11.1 Å². The topological polar surface area (TPSA) is 58.4 Å². The highest BCUT2D eigenvalue weighted by Gasteiger charge is 2.22. The summed E-state index contributed by atoms with van der Waals surface area (Å²) in [4.78, 5) is 14.5. The Bertz CT molecular complexity index is 469. The van der Waals surface area contributed by atoms with Gasteiger partial charge in [-0.25, -0.2) is 0 Å². The third-order valence-corrected chi connectivity index (χ3v) is 5.08. The first kappa shape index (κ1) is 18.0. The SMILES string of the molecule is CCC(C)C(N)C(=O)NCC1CCN(Cc2ccccc2)CC1. The Morgan fingerprint density at radius 2 is 1.96 bits per heavy atom. The van der Waals surface area contributed by atoms with E-state index in [1.165, 1.54) is 5.56 Å². The van der Waals surface area contributed by atoms with Gasteiger partial charge in [-0.05, 0) is 43.3 Å². The molecule has 0 radical (unpaired) electrons. The van der Waals surface area contributed by atoms with Crippen LogP contribution in [0.1, 0.15) is 38.7 Å². The number of nitrogens with two attached hydrogens (primary N) is 1. The van der Waals surface area contributed by atoms with Crippen molar-refractivity contribution in [2.24, 2.45) is 17.6 Å². The van der Waals surface area contributed by atoms with Crippen LogP contribution in [0.5, 0.6) is 0 Å². The standard InChI is InChI=1S/C19H31N3O/c1-3-15(2)18(20)19(23)21-13-16-9-11-22(12-10-16)14-17-7-5-4-6-8-17/h4-8,15-16,18H,3,9-14,20H2,1-2H3,(H,21,23). The van der Waals surface area contributed by atoms with Gasteiger partial charge in [0.25, 0.3) is 0 Å². The lowest BCUT2D eigenvalue weighted by molar-refractivity contribution is -0.123. The molecule has 2 rings (SSSR count). The number of carbonyl (C=O) groups excluding carboxylic acids is 1. The van der Waals surface area contributed by atoms with E-state index in [4.69, 9.17) is 5.73 Å². The van der Waals surface area contributed by atoms with E-state index in [1.54, 1.807) is 0 Å². The molecule has 1 heterocycles. The number of carbonyl (C=O) groups is 1. The molecule has 128 valence electrons. The number of piperidine rings is 1. The van der Waals surface area contributed by atoms with Gasteiger partial charge in [-0.2, -0.15) is 0 Å². The van der Waals surface area contributed by atoms with E-state index < -0.39 is 0 Å². The monoisotopic (exact) mass is 317 g/mol. The zero-order valence-corrected chi connectivity index (χ0v) is 14.5. The van der Waals surface area contributed by atoms with E-state index in [1.807, 2.05) is 6.92 Å². The Kier molecular flexibility index (Phi) is 7.06. The molecule has 4 nitrogen and oxygen atoms in total. The summed E-state index contributed by atoms with van der Waals surface area (Å²) in [5.41, 5.74) is 7.35. The largest absolute Gasteiger partial charge is 0.354 e. The lowest BCUT2D eigenvalue weighted by Gasteiger charge is -2.32. The Morgan fingerprint density at radius 1 is 1.30 bits per heavy atom. The van der Waals surface area contributed by atoms with Crippen LogP contribution in [0, 0.1) is 11.8 Å². The third-order valence-electron chi connectivity index (χ3n) is 5.08. The second kappa shape index (κ2) is 9.04. The van der Waals surface area contributed by atoms with Gasteiger partial charge in [0.15, 0.2) is 0 Å². The minimum Gasteiger partial charge on any atom is -0.354 e. The summed E-state index contributed by atoms with van der Waals surface area (Å²) in [7, 11) is 0. The summed E-state index contributed by atoms with van der Waals surface area (Å²) in [6.45, 7) is 8.10. The van der Waals surface area contributed by atoms with Crippen molar-refractivity contribution in [3.8, 4) is 0 Å². The number of nitrogens with zero attached hydrogens (tertiary/aromatic N) is 1. The molecule has 1 aliphatic rings. The minimum atomic E-state index is -0.377. The number of hydrogen-bond donors (Lipinski definition) is 2. The zero-order chi connectivity index (χ0) is 16.7. The van der Waals surface area contributed by atoms with E-state index in [-0.39, 0.29) is 17.9 Å². The Labute approximate surface area is 140 Å². The van der Waals surface area contributed by atoms with Crippen LogP contribution in [0.15, 0.2) is 30.3 Å². The van der Waals surface area contributed by atoms with Gasteiger partial charge in [-0.1, -0.05) is 50.6 Å². The maximum Gasteiger partial charge on any atom is 0.237 e. The molecule has 4 heteroatoms. The molecule has 2 atom stereocenters. The fourth-order valence-electron chi connectivity index (χ4n) is 3.07. The fraction of sp³-hybridized carbons (Fsp3) is 0.632. The molecule has 3 N–H and O–H groups in total. The molecule has 0 saturated carbocycles. The van der Waals surface area contributed by atoms with Gasteiger partial charge in [0.05, 0.1) is 6.04 Å². The molecule has 1 saturated heterocycles. The van der Waals surface area contributed by atoms with Gasteiger partial charge in [-0.15, -0.1) is 0 Å². The molecule has 1 aromatic rings. The van der Waals surface area contributed by atoms with Crippen molar-refractivity contribution in [1.82, 2.24) is 10.2 Å². The quantitative estimate of drug-likeness (QED) is 0.812. The molecule has 1 fully saturated rings. The van der Waals surface area contributed by atoms with Crippen LogP contribution >= 0.6 is 0 Å². The van der Waals surface area contributed by atoms with Crippen LogP contribution in [0.25, 0.3) is 0 Å². The number of likely N-dealkylation sites (tertiary alicyclic amines) is 1. The van der Waals surface area contributed by atoms with Crippen LogP contribution in [0.2, 0.25) is 0 Å². The highest BCUT2D eigenvalue weighted by Crippen LogP contribution is 2.18. The van der Waals surface area contributed by atoms with E-state index in [9.17, 15) is 4.79 Å². The molecule has 0 aromatic heterocycles. The van der Waals surface area contributed by atoms with Crippen molar-refractivity contribution in [2.75, 3.05) is 19.6 Å². The van der Waals surface area contributed by atoms with Gasteiger partial charge in [0.2, 0.25) is 5.91 Å². The molecule has 1 amide bonds. The molecule has 23 heavy (non-hydrogen) atoms. The lowest BCUT2D eigenvalue weighted by Crippen LogP contribution is -2.47. The molecule has 2 unspecified atom stereocenters. The molecule has 1 aliphatic heterocycles. The summed E-state index contributed by atoms with van der Waals surface area (Å²) in [5.74, 6) is 0.823. The van der Waals surface area contributed by atoms with E-state index >= 15 is 0 Å². The van der Waals surface area contributed by atoms with Crippen LogP contribution in [0.4, 0.5) is 0 Å². The molecular formula is C19H31N3O. The van der Waals surface area contributed by atoms with Crippen molar-refractivity contribution in [3.05, 3.63) is 35.9 Å². The van der Waals surface area contributed by atoms with Gasteiger partial charge in [0.1, 0.15) is 0 Å². The average molecular weight is 317 g/mol. The van der Waals surface area contributed by atoms with E-state index in [0.717, 1.165) is 45.4 Å². The first-order valence-corrected chi connectivity index (χ1v) is 8.89. The smallest absolute Gasteiger partial charge is 0.237 e. The minimum absolute atomic E-state index is 0.00562. The number of nitrogens with one attached hydrogen (secondary N) is 1. The zero-order valence-electron chi connectivity index (χ0n) is 14.5. The number of benzene rings is 1. The number of hydrogen-bond acceptors (Lipinski definition) is 3. The van der Waals surface area contributed by atoms with E-state index in [2.05, 4.69) is 47.5 Å². The summed E-state index contributed by atoms with van der Waals surface area (Å²) in [6, 6.07) is 10.2. The molecule has 0 aliphatic carbocycles. The van der Waals surface area contributed by atoms with Gasteiger partial charge >= 0.3 is 0 Å². The maximum absolute atomic E-state index is 12.0. The van der Waals surface area contributed by atoms with Crippen molar-refractivity contribution < 1.29 is 4.79 Å². The summed E-state index contributed by atoms with van der Waals surface area (Å²) in [6.07, 6.45) is 3.23. The van der Waals surface area contributed by atoms with Crippen LogP contribution in [0.3, 0.4) is 0 Å². The maximum atomic E-state index is 12.0. The Hall–Kier alpha value is -1.39. The Morgan fingerprint density at radius 3 is 2.57 bits per heavy atom. The first-order valence-electron chi connectivity index (χ1n) is 8.89. The third kappa shape index (κ3) is 5.63. The summed E-state index contributed by atoms with van der Waals surface area (Å²) >= 11 is 0. The summed E-state index contributed by atoms with van der Waals surface area (Å²) in [5, 5.41) is 3.05. The van der Waals surface area contributed by atoms with Crippen molar-refractivity contribution in [3.63, 3.8) is 0 Å². The first-order chi connectivity index (χ1) is 11.1. The summed E-state index contributed by atoms with van der Waals surface area (Å²) < 4.78 is 0. The lowest BCUT2D eigenvalue weighted by atomic mass is 9.95. The van der Waals surface area contributed by atoms with Crippen LogP contribution in [-0.2, 0) is 11.3 Å². The molecule has 0 bridgehead atoms. The number of rotatable bonds is 7. The normalized spacial score (nSPS) is 19.3. The predicted molar refractivity (Wildman–Crippen MR) is 94.9 cm³/mol. The number of amides is 1. The fourth-order valence-corrected chi connectivity index (χ4v) is 3.07. The van der Waals surface area contributed by atoms with Crippen molar-refractivity contribution in [1.29, 1.82) is 0 Å². The van der Waals surface area contributed by atoms with Gasteiger partial charge < -0.3 is 11.1 Å². The predicted octanol–water partition coefficient (Wildman–Crippen LogP) is 2.39.